The first-order chi connectivity index (χ1) is 12.7. The molecule has 5 nitrogen and oxygen atoms in total. The zero-order chi connectivity index (χ0) is 17.6. The SMILES string of the molecule is O=C(C1CC1)N1CCC2(CC1)OCc1cc(-c3ccncc3)ccc1O2. The van der Waals surface area contributed by atoms with Gasteiger partial charge in [0.15, 0.2) is 0 Å². The second-order valence-electron chi connectivity index (χ2n) is 7.46. The van der Waals surface area contributed by atoms with Crippen LogP contribution >= 0.6 is 0 Å². The van der Waals surface area contributed by atoms with Crippen molar-refractivity contribution in [2.45, 2.75) is 38.1 Å². The van der Waals surface area contributed by atoms with Crippen molar-refractivity contribution in [1.82, 2.24) is 9.88 Å². The Morgan fingerprint density at radius 3 is 2.58 bits per heavy atom. The third-order valence-electron chi connectivity index (χ3n) is 5.62. The standard InChI is InChI=1S/C21H22N2O3/c24-20(16-1-2-16)23-11-7-21(8-12-23)25-14-18-13-17(3-4-19(18)26-21)15-5-9-22-10-6-15/h3-6,9-10,13,16H,1-2,7-8,11-12,14H2. The van der Waals surface area contributed by atoms with E-state index in [1.165, 1.54) is 0 Å². The maximum absolute atomic E-state index is 12.2. The molecule has 1 spiro atoms. The van der Waals surface area contributed by atoms with Gasteiger partial charge in [-0.25, -0.2) is 0 Å². The zero-order valence-corrected chi connectivity index (χ0v) is 14.7. The van der Waals surface area contributed by atoms with Gasteiger partial charge in [-0.15, -0.1) is 0 Å². The predicted molar refractivity (Wildman–Crippen MR) is 96.4 cm³/mol. The van der Waals surface area contributed by atoms with E-state index in [1.54, 1.807) is 12.4 Å². The largest absolute Gasteiger partial charge is 0.462 e. The molecule has 3 aliphatic rings. The average molecular weight is 350 g/mol. The van der Waals surface area contributed by atoms with Crippen LogP contribution in [0.25, 0.3) is 11.1 Å². The minimum Gasteiger partial charge on any atom is -0.462 e. The first kappa shape index (κ1) is 15.8. The molecule has 0 radical (unpaired) electrons. The molecule has 1 aromatic heterocycles. The maximum Gasteiger partial charge on any atom is 0.225 e. The van der Waals surface area contributed by atoms with Gasteiger partial charge in [-0.3, -0.25) is 9.78 Å². The smallest absolute Gasteiger partial charge is 0.225 e. The topological polar surface area (TPSA) is 51.7 Å². The molecule has 5 heteroatoms. The summed E-state index contributed by atoms with van der Waals surface area (Å²) in [7, 11) is 0. The minimum atomic E-state index is -0.578. The molecule has 5 rings (SSSR count). The van der Waals surface area contributed by atoms with E-state index in [1.807, 2.05) is 23.1 Å². The van der Waals surface area contributed by atoms with E-state index in [9.17, 15) is 4.79 Å². The van der Waals surface area contributed by atoms with Crippen molar-refractivity contribution in [3.63, 3.8) is 0 Å². The van der Waals surface area contributed by atoms with Crippen LogP contribution in [0.3, 0.4) is 0 Å². The van der Waals surface area contributed by atoms with Gasteiger partial charge in [0.2, 0.25) is 11.7 Å². The van der Waals surface area contributed by atoms with E-state index >= 15 is 0 Å². The molecule has 3 heterocycles. The Morgan fingerprint density at radius 1 is 1.08 bits per heavy atom. The summed E-state index contributed by atoms with van der Waals surface area (Å²) in [5, 5.41) is 0. The first-order valence-corrected chi connectivity index (χ1v) is 9.38. The van der Waals surface area contributed by atoms with Gasteiger partial charge in [0.25, 0.3) is 0 Å². The van der Waals surface area contributed by atoms with Crippen molar-refractivity contribution in [3.05, 3.63) is 48.3 Å². The van der Waals surface area contributed by atoms with Gasteiger partial charge < -0.3 is 14.4 Å². The Labute approximate surface area is 152 Å². The van der Waals surface area contributed by atoms with E-state index in [2.05, 4.69) is 17.1 Å². The van der Waals surface area contributed by atoms with Crippen molar-refractivity contribution in [2.24, 2.45) is 5.92 Å². The van der Waals surface area contributed by atoms with Crippen LogP contribution in [-0.2, 0) is 16.1 Å². The number of hydrogen-bond acceptors (Lipinski definition) is 4. The second-order valence-corrected chi connectivity index (χ2v) is 7.46. The number of ether oxygens (including phenoxy) is 2. The fourth-order valence-electron chi connectivity index (χ4n) is 3.86. The molecule has 2 aliphatic heterocycles. The Balaban J connectivity index is 1.30. The maximum atomic E-state index is 12.2. The van der Waals surface area contributed by atoms with Crippen molar-refractivity contribution in [1.29, 1.82) is 0 Å². The lowest BCUT2D eigenvalue weighted by Gasteiger charge is -2.44. The minimum absolute atomic E-state index is 0.282. The fraction of sp³-hybridized carbons (Fsp3) is 0.429. The average Bonchev–Trinajstić information content (AvgIpc) is 3.54. The summed E-state index contributed by atoms with van der Waals surface area (Å²) >= 11 is 0. The molecule has 26 heavy (non-hydrogen) atoms. The quantitative estimate of drug-likeness (QED) is 0.833. The number of benzene rings is 1. The van der Waals surface area contributed by atoms with Crippen LogP contribution in [0.5, 0.6) is 5.75 Å². The highest BCUT2D eigenvalue weighted by Gasteiger charge is 2.43. The van der Waals surface area contributed by atoms with Gasteiger partial charge in [-0.05, 0) is 48.2 Å². The molecular weight excluding hydrogens is 328 g/mol. The summed E-state index contributed by atoms with van der Waals surface area (Å²) in [6.07, 6.45) is 7.18. The highest BCUT2D eigenvalue weighted by molar-refractivity contribution is 5.81. The molecule has 2 aromatic rings. The van der Waals surface area contributed by atoms with Crippen LogP contribution < -0.4 is 4.74 Å². The van der Waals surface area contributed by atoms with Crippen molar-refractivity contribution in [3.8, 4) is 16.9 Å². The van der Waals surface area contributed by atoms with Crippen LogP contribution in [0.1, 0.15) is 31.2 Å². The monoisotopic (exact) mass is 350 g/mol. The summed E-state index contributed by atoms with van der Waals surface area (Å²) in [6.45, 7) is 1.99. The highest BCUT2D eigenvalue weighted by atomic mass is 16.7. The number of amides is 1. The van der Waals surface area contributed by atoms with Crippen LogP contribution in [0.4, 0.5) is 0 Å². The Morgan fingerprint density at radius 2 is 1.85 bits per heavy atom. The van der Waals surface area contributed by atoms with E-state index in [-0.39, 0.29) is 5.92 Å². The molecule has 0 bridgehead atoms. The predicted octanol–water partition coefficient (Wildman–Crippen LogP) is 3.39. The summed E-state index contributed by atoms with van der Waals surface area (Å²) < 4.78 is 12.4. The Kier molecular flexibility index (Phi) is 3.71. The summed E-state index contributed by atoms with van der Waals surface area (Å²) in [4.78, 5) is 18.3. The molecule has 1 aliphatic carbocycles. The van der Waals surface area contributed by atoms with E-state index in [0.717, 1.165) is 61.2 Å². The second kappa shape index (κ2) is 6.09. The summed E-state index contributed by atoms with van der Waals surface area (Å²) in [5.41, 5.74) is 3.34. The van der Waals surface area contributed by atoms with Crippen LogP contribution in [0.2, 0.25) is 0 Å². The zero-order valence-electron chi connectivity index (χ0n) is 14.7. The number of likely N-dealkylation sites (tertiary alicyclic amines) is 1. The third-order valence-corrected chi connectivity index (χ3v) is 5.62. The van der Waals surface area contributed by atoms with Crippen LogP contribution in [-0.4, -0.2) is 34.7 Å². The number of pyridine rings is 1. The normalized spacial score (nSPS) is 21.2. The summed E-state index contributed by atoms with van der Waals surface area (Å²) in [6, 6.07) is 10.3. The molecule has 1 amide bonds. The van der Waals surface area contributed by atoms with Crippen LogP contribution in [0, 0.1) is 5.92 Å². The van der Waals surface area contributed by atoms with Crippen molar-refractivity contribution in [2.75, 3.05) is 13.1 Å². The molecule has 1 saturated carbocycles. The molecule has 0 N–H and O–H groups in total. The molecule has 134 valence electrons. The first-order valence-electron chi connectivity index (χ1n) is 9.38. The number of hydrogen-bond donors (Lipinski definition) is 0. The highest BCUT2D eigenvalue weighted by Crippen LogP contribution is 2.40. The molecule has 0 atom stereocenters. The van der Waals surface area contributed by atoms with Crippen LogP contribution in [0.15, 0.2) is 42.7 Å². The molecule has 2 fully saturated rings. The Bertz CT molecular complexity index is 824. The third kappa shape index (κ3) is 2.86. The van der Waals surface area contributed by atoms with Gasteiger partial charge in [0.1, 0.15) is 5.75 Å². The Hall–Kier alpha value is -2.40. The number of nitrogens with zero attached hydrogens (tertiary/aromatic N) is 2. The van der Waals surface area contributed by atoms with Gasteiger partial charge in [0.05, 0.1) is 6.61 Å². The lowest BCUT2D eigenvalue weighted by atomic mass is 9.99. The fourth-order valence-corrected chi connectivity index (χ4v) is 3.86. The number of rotatable bonds is 2. The molecule has 1 aromatic carbocycles. The van der Waals surface area contributed by atoms with Crippen molar-refractivity contribution < 1.29 is 14.3 Å². The number of aromatic nitrogens is 1. The lowest BCUT2D eigenvalue weighted by Crippen LogP contribution is -2.52. The van der Waals surface area contributed by atoms with E-state index < -0.39 is 5.79 Å². The van der Waals surface area contributed by atoms with Gasteiger partial charge >= 0.3 is 0 Å². The molecular formula is C21H22N2O3. The van der Waals surface area contributed by atoms with E-state index in [0.29, 0.717) is 12.5 Å². The van der Waals surface area contributed by atoms with Gasteiger partial charge in [-0.2, -0.15) is 0 Å². The number of fused-ring (bicyclic) bond motifs is 1. The molecule has 0 unspecified atom stereocenters. The van der Waals surface area contributed by atoms with Gasteiger partial charge in [0, 0.05) is 49.8 Å². The number of carbonyl (C=O) groups excluding carboxylic acids is 1. The number of carbonyl (C=O) groups is 1. The molecule has 1 saturated heterocycles. The van der Waals surface area contributed by atoms with Crippen molar-refractivity contribution >= 4 is 5.91 Å². The van der Waals surface area contributed by atoms with Gasteiger partial charge in [-0.1, -0.05) is 6.07 Å². The summed E-state index contributed by atoms with van der Waals surface area (Å²) in [5.74, 6) is 0.921. The van der Waals surface area contributed by atoms with E-state index in [4.69, 9.17) is 9.47 Å². The number of piperidine rings is 1. The lowest BCUT2D eigenvalue weighted by molar-refractivity contribution is -0.227.